The molecule has 0 aliphatic carbocycles. The second kappa shape index (κ2) is 9.12. The molecule has 0 bridgehead atoms. The van der Waals surface area contributed by atoms with Crippen molar-refractivity contribution in [3.63, 3.8) is 0 Å². The van der Waals surface area contributed by atoms with E-state index in [2.05, 4.69) is 6.92 Å². The first-order valence-corrected chi connectivity index (χ1v) is 8.19. The SMILES string of the molecule is CCC[CH2][Al]([C](=O)CCC)[C](=O)CCC. The third-order valence-electron chi connectivity index (χ3n) is 2.62. The molecule has 2 nitrogen and oxygen atoms in total. The number of unbranched alkanes of at least 4 members (excludes halogenated alkanes) is 1. The van der Waals surface area contributed by atoms with Crippen molar-refractivity contribution in [1.29, 1.82) is 0 Å². The van der Waals surface area contributed by atoms with E-state index < -0.39 is 14.1 Å². The van der Waals surface area contributed by atoms with Crippen LogP contribution in [0.4, 0.5) is 0 Å². The van der Waals surface area contributed by atoms with Crippen molar-refractivity contribution in [3.05, 3.63) is 0 Å². The molecule has 0 saturated heterocycles. The van der Waals surface area contributed by atoms with Gasteiger partial charge in [0.2, 0.25) is 0 Å². The highest BCUT2D eigenvalue weighted by atomic mass is 27.2. The van der Waals surface area contributed by atoms with E-state index in [9.17, 15) is 9.59 Å². The summed E-state index contributed by atoms with van der Waals surface area (Å²) in [6.07, 6.45) is 5.14. The summed E-state index contributed by atoms with van der Waals surface area (Å²) in [6, 6.07) is 0. The highest BCUT2D eigenvalue weighted by molar-refractivity contribution is 7.11. The lowest BCUT2D eigenvalue weighted by atomic mass is 10.4. The van der Waals surface area contributed by atoms with Crippen LogP contribution < -0.4 is 0 Å². The van der Waals surface area contributed by atoms with Gasteiger partial charge in [-0.3, -0.25) is 0 Å². The Hall–Kier alpha value is -0.128. The van der Waals surface area contributed by atoms with Gasteiger partial charge in [-0.25, -0.2) is 0 Å². The third kappa shape index (κ3) is 6.12. The molecule has 0 aromatic heterocycles. The molecule has 0 fully saturated rings. The second-order valence-corrected chi connectivity index (χ2v) is 7.10. The summed E-state index contributed by atoms with van der Waals surface area (Å²) in [7, 11) is 0. The Morgan fingerprint density at radius 2 is 1.33 bits per heavy atom. The molecule has 0 aromatic rings. The van der Waals surface area contributed by atoms with Crippen molar-refractivity contribution in [2.24, 2.45) is 0 Å². The van der Waals surface area contributed by atoms with Crippen LogP contribution in [0.3, 0.4) is 0 Å². The Balaban J connectivity index is 4.28. The van der Waals surface area contributed by atoms with E-state index in [0.29, 0.717) is 22.1 Å². The number of rotatable bonds is 9. The zero-order chi connectivity index (χ0) is 11.7. The van der Waals surface area contributed by atoms with Crippen molar-refractivity contribution >= 4 is 23.4 Å². The van der Waals surface area contributed by atoms with E-state index in [4.69, 9.17) is 0 Å². The van der Waals surface area contributed by atoms with Crippen molar-refractivity contribution in [2.75, 3.05) is 0 Å². The molecule has 15 heavy (non-hydrogen) atoms. The maximum absolute atomic E-state index is 11.8. The topological polar surface area (TPSA) is 34.1 Å². The van der Waals surface area contributed by atoms with Gasteiger partial charge in [0.05, 0.1) is 9.29 Å². The van der Waals surface area contributed by atoms with E-state index in [0.717, 1.165) is 31.0 Å². The third-order valence-corrected chi connectivity index (χ3v) is 5.73. The van der Waals surface area contributed by atoms with E-state index in [-0.39, 0.29) is 0 Å². The lowest BCUT2D eigenvalue weighted by Gasteiger charge is -2.08. The predicted molar refractivity (Wildman–Crippen MR) is 65.3 cm³/mol. The summed E-state index contributed by atoms with van der Waals surface area (Å²) < 4.78 is 0.591. The van der Waals surface area contributed by atoms with Gasteiger partial charge in [0, 0.05) is 0 Å². The first kappa shape index (κ1) is 14.9. The number of hydrogen-bond donors (Lipinski definition) is 0. The summed E-state index contributed by atoms with van der Waals surface area (Å²) >= 11 is -1.75. The maximum Gasteiger partial charge on any atom is 0.461 e. The van der Waals surface area contributed by atoms with Gasteiger partial charge in [-0.05, 0) is 12.8 Å². The largest absolute Gasteiger partial charge is 0.461 e. The van der Waals surface area contributed by atoms with Crippen LogP contribution in [-0.4, -0.2) is 23.4 Å². The van der Waals surface area contributed by atoms with Gasteiger partial charge >= 0.3 is 14.1 Å². The molecule has 0 aromatic carbocycles. The van der Waals surface area contributed by atoms with Gasteiger partial charge in [-0.1, -0.05) is 51.7 Å². The zero-order valence-electron chi connectivity index (χ0n) is 10.3. The molecule has 0 radical (unpaired) electrons. The summed E-state index contributed by atoms with van der Waals surface area (Å²) in [4.78, 5) is 23.6. The predicted octanol–water partition coefficient (Wildman–Crippen LogP) is 3.10. The lowest BCUT2D eigenvalue weighted by molar-refractivity contribution is -0.115. The molecular weight excluding hydrogens is 203 g/mol. The Morgan fingerprint density at radius 3 is 1.67 bits per heavy atom. The highest BCUT2D eigenvalue weighted by Crippen LogP contribution is 2.09. The quantitative estimate of drug-likeness (QED) is 0.566. The van der Waals surface area contributed by atoms with Crippen LogP contribution in [0.15, 0.2) is 0 Å². The van der Waals surface area contributed by atoms with Crippen LogP contribution in [-0.2, 0) is 9.59 Å². The summed E-state index contributed by atoms with van der Waals surface area (Å²) in [5, 5.41) is 0.897. The molecule has 0 unspecified atom stereocenters. The maximum atomic E-state index is 11.8. The smallest absolute Gasteiger partial charge is 0.320 e. The van der Waals surface area contributed by atoms with Crippen LogP contribution in [0.25, 0.3) is 0 Å². The van der Waals surface area contributed by atoms with Crippen molar-refractivity contribution in [1.82, 2.24) is 0 Å². The summed E-state index contributed by atoms with van der Waals surface area (Å²) in [5.74, 6) is 0. The fourth-order valence-corrected chi connectivity index (χ4v) is 4.84. The Bertz CT molecular complexity index is 184. The first-order valence-electron chi connectivity index (χ1n) is 6.22. The zero-order valence-corrected chi connectivity index (χ0v) is 11.5. The van der Waals surface area contributed by atoms with Gasteiger partial charge < -0.3 is 9.59 Å². The fourth-order valence-electron chi connectivity index (χ4n) is 1.75. The van der Waals surface area contributed by atoms with Crippen molar-refractivity contribution < 1.29 is 9.59 Å². The van der Waals surface area contributed by atoms with E-state index in [1.807, 2.05) is 13.8 Å². The number of carbonyl (C=O) groups excluding carboxylic acids is 2. The van der Waals surface area contributed by atoms with Gasteiger partial charge in [0.1, 0.15) is 0 Å². The molecule has 0 spiro atoms. The Labute approximate surface area is 97.8 Å². The van der Waals surface area contributed by atoms with Crippen LogP contribution >= 0.6 is 0 Å². The molecule has 86 valence electrons. The van der Waals surface area contributed by atoms with E-state index in [1.54, 1.807) is 0 Å². The standard InChI is InChI=1S/2C4H7O.C4H9.Al/c2*1-2-3-4-5;1-3-4-2;/h2*2-3H2,1H3;1,3-4H2,2H3;. The van der Waals surface area contributed by atoms with E-state index in [1.165, 1.54) is 0 Å². The van der Waals surface area contributed by atoms with Crippen LogP contribution in [0.2, 0.25) is 5.28 Å². The van der Waals surface area contributed by atoms with Gasteiger partial charge in [0.25, 0.3) is 0 Å². The molecule has 0 rings (SSSR count). The normalized spacial score (nSPS) is 10.1. The lowest BCUT2D eigenvalue weighted by Crippen LogP contribution is -2.35. The monoisotopic (exact) mass is 226 g/mol. The second-order valence-electron chi connectivity index (χ2n) is 4.13. The molecule has 0 aliphatic rings. The van der Waals surface area contributed by atoms with Crippen molar-refractivity contribution in [3.8, 4) is 0 Å². The molecule has 3 heteroatoms. The summed E-state index contributed by atoms with van der Waals surface area (Å²) in [6.45, 7) is 6.13. The van der Waals surface area contributed by atoms with Crippen LogP contribution in [0, 0.1) is 0 Å². The molecule has 0 heterocycles. The average Bonchev–Trinajstić information content (AvgIpc) is 2.19. The molecule has 0 aliphatic heterocycles. The minimum absolute atomic E-state index is 0.296. The molecule has 0 saturated carbocycles. The molecule has 0 atom stereocenters. The van der Waals surface area contributed by atoms with Gasteiger partial charge in [0.15, 0.2) is 0 Å². The molecule has 0 amide bonds. The fraction of sp³-hybridized carbons (Fsp3) is 0.833. The molecule has 0 N–H and O–H groups in total. The minimum atomic E-state index is -1.75. The summed E-state index contributed by atoms with van der Waals surface area (Å²) in [5.41, 5.74) is 0. The van der Waals surface area contributed by atoms with Crippen LogP contribution in [0.5, 0.6) is 0 Å². The van der Waals surface area contributed by atoms with Gasteiger partial charge in [-0.15, -0.1) is 0 Å². The van der Waals surface area contributed by atoms with E-state index >= 15 is 0 Å². The number of carbonyl (C=O) groups is 2. The minimum Gasteiger partial charge on any atom is -0.320 e. The Kier molecular flexibility index (Phi) is 9.05. The highest BCUT2D eigenvalue weighted by Gasteiger charge is 2.32. The molecular formula is C12H23AlO2. The van der Waals surface area contributed by atoms with Gasteiger partial charge in [-0.2, -0.15) is 0 Å². The van der Waals surface area contributed by atoms with Crippen LogP contribution in [0.1, 0.15) is 59.3 Å². The number of hydrogen-bond acceptors (Lipinski definition) is 2. The Morgan fingerprint density at radius 1 is 0.867 bits per heavy atom. The first-order chi connectivity index (χ1) is 7.17. The average molecular weight is 226 g/mol. The van der Waals surface area contributed by atoms with Crippen molar-refractivity contribution in [2.45, 2.75) is 64.6 Å².